The summed E-state index contributed by atoms with van der Waals surface area (Å²) in [6, 6.07) is 8.03. The van der Waals surface area contributed by atoms with Crippen LogP contribution in [0, 0.1) is 6.92 Å². The molecule has 0 bridgehead atoms. The van der Waals surface area contributed by atoms with E-state index in [1.54, 1.807) is 0 Å². The Balaban J connectivity index is 2.27. The quantitative estimate of drug-likeness (QED) is 0.901. The zero-order valence-corrected chi connectivity index (χ0v) is 13.8. The average Bonchev–Trinajstić information content (AvgIpc) is 2.75. The number of aryl methyl sites for hydroxylation is 3. The third-order valence-electron chi connectivity index (χ3n) is 3.51. The van der Waals surface area contributed by atoms with Crippen LogP contribution in [0.3, 0.4) is 0 Å². The van der Waals surface area contributed by atoms with Crippen molar-refractivity contribution < 1.29 is 5.11 Å². The minimum Gasteiger partial charge on any atom is -0.388 e. The number of benzene rings is 1. The van der Waals surface area contributed by atoms with Crippen molar-refractivity contribution in [2.45, 2.75) is 46.3 Å². The van der Waals surface area contributed by atoms with E-state index in [9.17, 15) is 5.11 Å². The molecule has 3 nitrogen and oxygen atoms in total. The molecule has 1 aromatic heterocycles. The molecule has 1 heterocycles. The highest BCUT2D eigenvalue weighted by Gasteiger charge is 2.18. The summed E-state index contributed by atoms with van der Waals surface area (Å²) in [5.74, 6) is 0. The van der Waals surface area contributed by atoms with Gasteiger partial charge in [-0.25, -0.2) is 0 Å². The van der Waals surface area contributed by atoms with E-state index in [-0.39, 0.29) is 0 Å². The molecule has 1 aromatic carbocycles. The molecule has 0 amide bonds. The lowest BCUT2D eigenvalue weighted by atomic mass is 10.0. The van der Waals surface area contributed by atoms with Crippen LogP contribution >= 0.6 is 15.9 Å². The fourth-order valence-corrected chi connectivity index (χ4v) is 3.12. The second-order valence-electron chi connectivity index (χ2n) is 5.01. The van der Waals surface area contributed by atoms with Gasteiger partial charge in [0, 0.05) is 13.0 Å². The van der Waals surface area contributed by atoms with Crippen molar-refractivity contribution in [3.8, 4) is 0 Å². The molecule has 1 unspecified atom stereocenters. The molecule has 0 spiro atoms. The van der Waals surface area contributed by atoms with E-state index >= 15 is 0 Å². The molecule has 108 valence electrons. The van der Waals surface area contributed by atoms with E-state index in [0.717, 1.165) is 34.4 Å². The average molecular weight is 337 g/mol. The van der Waals surface area contributed by atoms with Crippen molar-refractivity contribution >= 4 is 15.9 Å². The molecule has 2 aromatic rings. The smallest absolute Gasteiger partial charge is 0.0845 e. The summed E-state index contributed by atoms with van der Waals surface area (Å²) in [6.07, 6.45) is 0.962. The molecule has 20 heavy (non-hydrogen) atoms. The Bertz CT molecular complexity index is 592. The van der Waals surface area contributed by atoms with Gasteiger partial charge in [-0.05, 0) is 41.8 Å². The monoisotopic (exact) mass is 336 g/mol. The molecule has 0 aliphatic heterocycles. The molecule has 0 radical (unpaired) electrons. The van der Waals surface area contributed by atoms with E-state index in [4.69, 9.17) is 0 Å². The van der Waals surface area contributed by atoms with Gasteiger partial charge in [0.25, 0.3) is 0 Å². The van der Waals surface area contributed by atoms with Crippen molar-refractivity contribution in [3.63, 3.8) is 0 Å². The van der Waals surface area contributed by atoms with Gasteiger partial charge in [0.1, 0.15) is 0 Å². The highest BCUT2D eigenvalue weighted by atomic mass is 79.9. The molecule has 1 atom stereocenters. The zero-order chi connectivity index (χ0) is 14.7. The lowest BCUT2D eigenvalue weighted by Crippen LogP contribution is -2.09. The van der Waals surface area contributed by atoms with Gasteiger partial charge in [-0.1, -0.05) is 36.8 Å². The highest BCUT2D eigenvalue weighted by molar-refractivity contribution is 9.10. The number of aliphatic hydroxyl groups excluding tert-OH is 1. The van der Waals surface area contributed by atoms with Gasteiger partial charge in [-0.2, -0.15) is 5.10 Å². The summed E-state index contributed by atoms with van der Waals surface area (Å²) in [6.45, 7) is 7.02. The van der Waals surface area contributed by atoms with Crippen molar-refractivity contribution in [1.82, 2.24) is 9.78 Å². The second kappa shape index (κ2) is 6.55. The predicted octanol–water partition coefficient (Wildman–Crippen LogP) is 3.81. The summed E-state index contributed by atoms with van der Waals surface area (Å²) in [5, 5.41) is 15.0. The Morgan fingerprint density at radius 2 is 2.10 bits per heavy atom. The van der Waals surface area contributed by atoms with Crippen LogP contribution in [0.2, 0.25) is 0 Å². The van der Waals surface area contributed by atoms with Crippen LogP contribution in [0.25, 0.3) is 0 Å². The topological polar surface area (TPSA) is 38.0 Å². The van der Waals surface area contributed by atoms with E-state index in [1.807, 2.05) is 35.9 Å². The van der Waals surface area contributed by atoms with E-state index in [2.05, 4.69) is 34.9 Å². The first-order valence-corrected chi connectivity index (χ1v) is 7.84. The molecular formula is C16H21BrN2O. The predicted molar refractivity (Wildman–Crippen MR) is 84.8 cm³/mol. The van der Waals surface area contributed by atoms with Crippen molar-refractivity contribution in [2.24, 2.45) is 0 Å². The Morgan fingerprint density at radius 1 is 1.35 bits per heavy atom. The summed E-state index contributed by atoms with van der Waals surface area (Å²) >= 11 is 3.62. The highest BCUT2D eigenvalue weighted by Crippen LogP contribution is 2.27. The summed E-state index contributed by atoms with van der Waals surface area (Å²) in [7, 11) is 0. The first-order chi connectivity index (χ1) is 9.56. The number of halogens is 1. The number of aromatic nitrogens is 2. The van der Waals surface area contributed by atoms with Crippen LogP contribution < -0.4 is 0 Å². The maximum Gasteiger partial charge on any atom is 0.0845 e. The fourth-order valence-electron chi connectivity index (χ4n) is 2.39. The maximum atomic E-state index is 10.5. The molecular weight excluding hydrogens is 316 g/mol. The van der Waals surface area contributed by atoms with Crippen LogP contribution in [-0.2, 0) is 19.4 Å². The van der Waals surface area contributed by atoms with Crippen LogP contribution in [0.15, 0.2) is 28.7 Å². The molecule has 0 aliphatic rings. The van der Waals surface area contributed by atoms with Gasteiger partial charge in [-0.3, -0.25) is 4.68 Å². The minimum atomic E-state index is -0.502. The van der Waals surface area contributed by atoms with Gasteiger partial charge in [0.2, 0.25) is 0 Å². The lowest BCUT2D eigenvalue weighted by molar-refractivity contribution is 0.175. The zero-order valence-electron chi connectivity index (χ0n) is 12.2. The van der Waals surface area contributed by atoms with Crippen LogP contribution in [0.5, 0.6) is 0 Å². The fraction of sp³-hybridized carbons (Fsp3) is 0.438. The molecule has 0 fully saturated rings. The summed E-state index contributed by atoms with van der Waals surface area (Å²) in [5.41, 5.74) is 4.24. The largest absolute Gasteiger partial charge is 0.388 e. The molecule has 4 heteroatoms. The number of rotatable bonds is 5. The van der Waals surface area contributed by atoms with E-state index < -0.39 is 6.10 Å². The molecule has 0 aliphatic carbocycles. The van der Waals surface area contributed by atoms with Gasteiger partial charge in [-0.15, -0.1) is 0 Å². The van der Waals surface area contributed by atoms with Crippen LogP contribution in [0.1, 0.15) is 42.5 Å². The third kappa shape index (κ3) is 3.13. The Hall–Kier alpha value is -1.13. The Morgan fingerprint density at radius 3 is 2.70 bits per heavy atom. The van der Waals surface area contributed by atoms with Gasteiger partial charge in [0.15, 0.2) is 0 Å². The standard InChI is InChI=1S/C16H21BrN2O/c1-4-13-16(17)14(19(5-2)18-13)10-15(20)12-8-6-7-11(3)9-12/h6-9,15,20H,4-5,10H2,1-3H3. The van der Waals surface area contributed by atoms with Gasteiger partial charge in [0.05, 0.1) is 22.0 Å². The molecule has 0 saturated carbocycles. The van der Waals surface area contributed by atoms with Crippen molar-refractivity contribution in [3.05, 3.63) is 51.3 Å². The van der Waals surface area contributed by atoms with E-state index in [0.29, 0.717) is 6.42 Å². The SMILES string of the molecule is CCc1nn(CC)c(CC(O)c2cccc(C)c2)c1Br. The molecule has 1 N–H and O–H groups in total. The molecule has 0 saturated heterocycles. The van der Waals surface area contributed by atoms with Crippen LogP contribution in [0.4, 0.5) is 0 Å². The summed E-state index contributed by atoms with van der Waals surface area (Å²) < 4.78 is 3.01. The first-order valence-electron chi connectivity index (χ1n) is 7.05. The number of hydrogen-bond donors (Lipinski definition) is 1. The summed E-state index contributed by atoms with van der Waals surface area (Å²) in [4.78, 5) is 0. The number of nitrogens with zero attached hydrogens (tertiary/aromatic N) is 2. The lowest BCUT2D eigenvalue weighted by Gasteiger charge is -2.13. The van der Waals surface area contributed by atoms with Gasteiger partial charge >= 0.3 is 0 Å². The van der Waals surface area contributed by atoms with Crippen molar-refractivity contribution in [1.29, 1.82) is 0 Å². The normalized spacial score (nSPS) is 12.7. The van der Waals surface area contributed by atoms with Crippen LogP contribution in [-0.4, -0.2) is 14.9 Å². The minimum absolute atomic E-state index is 0.502. The molecule has 2 rings (SSSR count). The van der Waals surface area contributed by atoms with Gasteiger partial charge < -0.3 is 5.11 Å². The Labute approximate surface area is 128 Å². The third-order valence-corrected chi connectivity index (χ3v) is 4.42. The Kier molecular flexibility index (Phi) is 5.00. The maximum absolute atomic E-state index is 10.5. The van der Waals surface area contributed by atoms with Crippen molar-refractivity contribution in [2.75, 3.05) is 0 Å². The van der Waals surface area contributed by atoms with E-state index in [1.165, 1.54) is 5.56 Å². The number of aliphatic hydroxyl groups is 1. The second-order valence-corrected chi connectivity index (χ2v) is 5.80. The number of hydrogen-bond acceptors (Lipinski definition) is 2. The first kappa shape index (κ1) is 15.3.